The van der Waals surface area contributed by atoms with Crippen molar-refractivity contribution in [2.75, 3.05) is 25.5 Å². The van der Waals surface area contributed by atoms with Crippen LogP contribution in [0.3, 0.4) is 0 Å². The number of nitrogens with one attached hydrogen (secondary N) is 1. The molecular weight excluding hydrogens is 238 g/mol. The number of carbonyl (C=O) groups excluding carboxylic acids is 1. The molecule has 0 radical (unpaired) electrons. The van der Waals surface area contributed by atoms with Crippen molar-refractivity contribution in [3.8, 4) is 0 Å². The lowest BCUT2D eigenvalue weighted by Gasteiger charge is -2.15. The van der Waals surface area contributed by atoms with Crippen LogP contribution in [0.5, 0.6) is 0 Å². The van der Waals surface area contributed by atoms with Crippen LogP contribution in [0.25, 0.3) is 0 Å². The van der Waals surface area contributed by atoms with Crippen molar-refractivity contribution in [1.29, 1.82) is 0 Å². The summed E-state index contributed by atoms with van der Waals surface area (Å²) in [6.07, 6.45) is 2.58. The third-order valence-corrected chi connectivity index (χ3v) is 3.06. The maximum absolute atomic E-state index is 11.8. The van der Waals surface area contributed by atoms with Crippen LogP contribution in [0, 0.1) is 0 Å². The zero-order valence-electron chi connectivity index (χ0n) is 12.0. The van der Waals surface area contributed by atoms with Gasteiger partial charge in [0.05, 0.1) is 0 Å². The van der Waals surface area contributed by atoms with E-state index in [-0.39, 0.29) is 5.91 Å². The van der Waals surface area contributed by atoms with E-state index < -0.39 is 0 Å². The third kappa shape index (κ3) is 5.85. The SMILES string of the molecule is CCCN(C)CCCC(=O)Nc1ccccc1CN. The summed E-state index contributed by atoms with van der Waals surface area (Å²) >= 11 is 0. The predicted octanol–water partition coefficient (Wildman–Crippen LogP) is 2.21. The molecule has 3 N–H and O–H groups in total. The minimum atomic E-state index is 0.0609. The summed E-state index contributed by atoms with van der Waals surface area (Å²) in [5.41, 5.74) is 7.44. The number of hydrogen-bond donors (Lipinski definition) is 2. The number of carbonyl (C=O) groups is 1. The first-order valence-corrected chi connectivity index (χ1v) is 6.93. The first-order chi connectivity index (χ1) is 9.17. The van der Waals surface area contributed by atoms with Crippen molar-refractivity contribution < 1.29 is 4.79 Å². The normalized spacial score (nSPS) is 10.7. The Labute approximate surface area is 116 Å². The Balaban J connectivity index is 2.35. The molecule has 0 aliphatic heterocycles. The van der Waals surface area contributed by atoms with E-state index in [9.17, 15) is 4.79 Å². The molecule has 0 fully saturated rings. The summed E-state index contributed by atoms with van der Waals surface area (Å²) in [5, 5.41) is 2.93. The lowest BCUT2D eigenvalue weighted by atomic mass is 10.1. The molecule has 106 valence electrons. The zero-order valence-corrected chi connectivity index (χ0v) is 12.0. The molecule has 1 amide bonds. The summed E-state index contributed by atoms with van der Waals surface area (Å²) in [5.74, 6) is 0.0609. The lowest BCUT2D eigenvalue weighted by Crippen LogP contribution is -2.22. The molecule has 0 saturated carbocycles. The molecular formula is C15H25N3O. The molecule has 19 heavy (non-hydrogen) atoms. The number of hydrogen-bond acceptors (Lipinski definition) is 3. The van der Waals surface area contributed by atoms with Gasteiger partial charge >= 0.3 is 0 Å². The minimum absolute atomic E-state index is 0.0609. The quantitative estimate of drug-likeness (QED) is 0.756. The summed E-state index contributed by atoms with van der Waals surface area (Å²) in [4.78, 5) is 14.1. The van der Waals surface area contributed by atoms with Gasteiger partial charge in [0, 0.05) is 18.7 Å². The predicted molar refractivity (Wildman–Crippen MR) is 80.0 cm³/mol. The Kier molecular flexibility index (Phi) is 7.15. The first kappa shape index (κ1) is 15.7. The van der Waals surface area contributed by atoms with Gasteiger partial charge in [0.25, 0.3) is 0 Å². The number of amides is 1. The number of rotatable bonds is 8. The van der Waals surface area contributed by atoms with Gasteiger partial charge in [0.2, 0.25) is 5.91 Å². The molecule has 1 aromatic carbocycles. The molecule has 0 unspecified atom stereocenters. The van der Waals surface area contributed by atoms with Crippen molar-refractivity contribution in [3.05, 3.63) is 29.8 Å². The Morgan fingerprint density at radius 2 is 2.05 bits per heavy atom. The van der Waals surface area contributed by atoms with E-state index in [2.05, 4.69) is 24.2 Å². The van der Waals surface area contributed by atoms with Gasteiger partial charge in [-0.15, -0.1) is 0 Å². The third-order valence-electron chi connectivity index (χ3n) is 3.06. The van der Waals surface area contributed by atoms with Crippen LogP contribution in [0.4, 0.5) is 5.69 Å². The molecule has 0 aromatic heterocycles. The molecule has 0 bridgehead atoms. The van der Waals surface area contributed by atoms with Crippen molar-refractivity contribution in [1.82, 2.24) is 4.90 Å². The second kappa shape index (κ2) is 8.67. The number of anilines is 1. The molecule has 0 atom stereocenters. The van der Waals surface area contributed by atoms with Crippen LogP contribution >= 0.6 is 0 Å². The van der Waals surface area contributed by atoms with Crippen LogP contribution in [-0.2, 0) is 11.3 Å². The van der Waals surface area contributed by atoms with Gasteiger partial charge in [-0.3, -0.25) is 4.79 Å². The van der Waals surface area contributed by atoms with Gasteiger partial charge < -0.3 is 16.0 Å². The van der Waals surface area contributed by atoms with Crippen LogP contribution < -0.4 is 11.1 Å². The highest BCUT2D eigenvalue weighted by molar-refractivity contribution is 5.91. The zero-order chi connectivity index (χ0) is 14.1. The van der Waals surface area contributed by atoms with Crippen molar-refractivity contribution in [3.63, 3.8) is 0 Å². The molecule has 1 aromatic rings. The minimum Gasteiger partial charge on any atom is -0.326 e. The smallest absolute Gasteiger partial charge is 0.224 e. The van der Waals surface area contributed by atoms with E-state index in [1.54, 1.807) is 0 Å². The summed E-state index contributed by atoms with van der Waals surface area (Å²) in [6.45, 7) is 4.64. The van der Waals surface area contributed by atoms with Gasteiger partial charge in [-0.2, -0.15) is 0 Å². The van der Waals surface area contributed by atoms with Crippen LogP contribution in [0.15, 0.2) is 24.3 Å². The van der Waals surface area contributed by atoms with Crippen LogP contribution in [0.1, 0.15) is 31.7 Å². The van der Waals surface area contributed by atoms with Gasteiger partial charge in [-0.05, 0) is 44.6 Å². The number of para-hydroxylation sites is 1. The Bertz CT molecular complexity index is 393. The molecule has 0 aliphatic carbocycles. The molecule has 0 saturated heterocycles. The van der Waals surface area contributed by atoms with E-state index in [1.807, 2.05) is 24.3 Å². The van der Waals surface area contributed by atoms with Crippen molar-refractivity contribution >= 4 is 11.6 Å². The topological polar surface area (TPSA) is 58.4 Å². The van der Waals surface area contributed by atoms with Crippen LogP contribution in [-0.4, -0.2) is 30.9 Å². The Hall–Kier alpha value is -1.39. The highest BCUT2D eigenvalue weighted by Crippen LogP contribution is 2.14. The van der Waals surface area contributed by atoms with E-state index >= 15 is 0 Å². The molecule has 4 nitrogen and oxygen atoms in total. The first-order valence-electron chi connectivity index (χ1n) is 6.93. The van der Waals surface area contributed by atoms with E-state index in [4.69, 9.17) is 5.73 Å². The molecule has 0 aliphatic rings. The summed E-state index contributed by atoms with van der Waals surface area (Å²) < 4.78 is 0. The van der Waals surface area contributed by atoms with Gasteiger partial charge in [-0.1, -0.05) is 25.1 Å². The van der Waals surface area contributed by atoms with Gasteiger partial charge in [-0.25, -0.2) is 0 Å². The number of nitrogens with zero attached hydrogens (tertiary/aromatic N) is 1. The van der Waals surface area contributed by atoms with Gasteiger partial charge in [0.1, 0.15) is 0 Å². The standard InChI is InChI=1S/C15H25N3O/c1-3-10-18(2)11-6-9-15(19)17-14-8-5-4-7-13(14)12-16/h4-5,7-8H,3,6,9-12,16H2,1-2H3,(H,17,19). The highest BCUT2D eigenvalue weighted by Gasteiger charge is 2.06. The second-order valence-corrected chi connectivity index (χ2v) is 4.82. The average Bonchev–Trinajstić information content (AvgIpc) is 2.39. The fourth-order valence-corrected chi connectivity index (χ4v) is 2.04. The van der Waals surface area contributed by atoms with Crippen molar-refractivity contribution in [2.24, 2.45) is 5.73 Å². The fraction of sp³-hybridized carbons (Fsp3) is 0.533. The monoisotopic (exact) mass is 263 g/mol. The molecule has 4 heteroatoms. The summed E-state index contributed by atoms with van der Waals surface area (Å²) in [6, 6.07) is 7.66. The molecule has 0 heterocycles. The van der Waals surface area contributed by atoms with Crippen molar-refractivity contribution in [2.45, 2.75) is 32.7 Å². The maximum Gasteiger partial charge on any atom is 0.224 e. The number of nitrogens with two attached hydrogens (primary N) is 1. The van der Waals surface area contributed by atoms with E-state index in [1.165, 1.54) is 0 Å². The Morgan fingerprint density at radius 3 is 2.74 bits per heavy atom. The fourth-order valence-electron chi connectivity index (χ4n) is 2.04. The molecule has 0 spiro atoms. The van der Waals surface area contributed by atoms with Gasteiger partial charge in [0.15, 0.2) is 0 Å². The number of benzene rings is 1. The largest absolute Gasteiger partial charge is 0.326 e. The lowest BCUT2D eigenvalue weighted by molar-refractivity contribution is -0.116. The van der Waals surface area contributed by atoms with E-state index in [0.717, 1.165) is 37.2 Å². The highest BCUT2D eigenvalue weighted by atomic mass is 16.1. The second-order valence-electron chi connectivity index (χ2n) is 4.82. The van der Waals surface area contributed by atoms with E-state index in [0.29, 0.717) is 13.0 Å². The average molecular weight is 263 g/mol. The maximum atomic E-state index is 11.8. The Morgan fingerprint density at radius 1 is 1.32 bits per heavy atom. The van der Waals surface area contributed by atoms with Crippen LogP contribution in [0.2, 0.25) is 0 Å². The summed E-state index contributed by atoms with van der Waals surface area (Å²) in [7, 11) is 2.09. The molecule has 1 rings (SSSR count).